The van der Waals surface area contributed by atoms with E-state index in [-0.39, 0.29) is 17.3 Å². The van der Waals surface area contributed by atoms with Crippen molar-refractivity contribution < 1.29 is 19.4 Å². The number of hydrogen-bond donors (Lipinski definition) is 3. The van der Waals surface area contributed by atoms with Crippen LogP contribution in [0.3, 0.4) is 0 Å². The maximum Gasteiger partial charge on any atom is 0.341 e. The topological polar surface area (TPSA) is 123 Å². The van der Waals surface area contributed by atoms with Gasteiger partial charge in [0.25, 0.3) is 0 Å². The molecule has 3 aromatic rings. The van der Waals surface area contributed by atoms with Crippen molar-refractivity contribution in [1.29, 1.82) is 0 Å². The largest absolute Gasteiger partial charge is 0.497 e. The molecule has 0 atom stereocenters. The van der Waals surface area contributed by atoms with Crippen molar-refractivity contribution in [2.45, 2.75) is 6.54 Å². The van der Waals surface area contributed by atoms with Crippen LogP contribution in [0.1, 0.15) is 15.9 Å². The Bertz CT molecular complexity index is 966. The third kappa shape index (κ3) is 4.47. The summed E-state index contributed by atoms with van der Waals surface area (Å²) < 4.78 is 12.1. The molecule has 0 radical (unpaired) electrons. The maximum atomic E-state index is 11.5. The highest BCUT2D eigenvalue weighted by Gasteiger charge is 2.14. The number of aromatic nitrogens is 4. The molecular formula is C18H20N6O4. The van der Waals surface area contributed by atoms with Gasteiger partial charge in [0.05, 0.1) is 26.1 Å². The van der Waals surface area contributed by atoms with E-state index in [2.05, 4.69) is 25.7 Å². The molecule has 0 aliphatic rings. The first-order valence-electron chi connectivity index (χ1n) is 8.30. The molecule has 0 unspecified atom stereocenters. The van der Waals surface area contributed by atoms with Gasteiger partial charge in [0.15, 0.2) is 0 Å². The van der Waals surface area contributed by atoms with Crippen LogP contribution >= 0.6 is 0 Å². The quantitative estimate of drug-likeness (QED) is 0.536. The molecule has 0 amide bonds. The van der Waals surface area contributed by atoms with Gasteiger partial charge < -0.3 is 25.2 Å². The molecule has 0 fully saturated rings. The second-order valence-electron chi connectivity index (χ2n) is 5.86. The number of anilines is 3. The van der Waals surface area contributed by atoms with E-state index in [0.717, 1.165) is 5.56 Å². The summed E-state index contributed by atoms with van der Waals surface area (Å²) in [5.74, 6) is 0.588. The van der Waals surface area contributed by atoms with E-state index in [9.17, 15) is 9.90 Å². The molecule has 1 aromatic carbocycles. The van der Waals surface area contributed by atoms with Gasteiger partial charge in [-0.3, -0.25) is 4.68 Å². The number of hydrogen-bond acceptors (Lipinski definition) is 8. The van der Waals surface area contributed by atoms with Gasteiger partial charge in [-0.1, -0.05) is 0 Å². The van der Waals surface area contributed by atoms with Crippen LogP contribution in [0.5, 0.6) is 11.5 Å². The minimum Gasteiger partial charge on any atom is -0.497 e. The monoisotopic (exact) mass is 384 g/mol. The molecule has 146 valence electrons. The summed E-state index contributed by atoms with van der Waals surface area (Å²) in [5, 5.41) is 19.5. The Kier molecular flexibility index (Phi) is 5.58. The molecule has 0 saturated carbocycles. The predicted octanol–water partition coefficient (Wildman–Crippen LogP) is 2.28. The number of aryl methyl sites for hydroxylation is 1. The smallest absolute Gasteiger partial charge is 0.341 e. The van der Waals surface area contributed by atoms with Crippen molar-refractivity contribution in [3.63, 3.8) is 0 Å². The molecule has 28 heavy (non-hydrogen) atoms. The van der Waals surface area contributed by atoms with Crippen LogP contribution in [-0.2, 0) is 13.6 Å². The van der Waals surface area contributed by atoms with Crippen LogP contribution in [0.4, 0.5) is 17.5 Å². The molecule has 2 aromatic heterocycles. The molecule has 0 bridgehead atoms. The highest BCUT2D eigenvalue weighted by Crippen LogP contribution is 2.24. The summed E-state index contributed by atoms with van der Waals surface area (Å²) in [7, 11) is 4.92. The summed E-state index contributed by atoms with van der Waals surface area (Å²) in [6, 6.07) is 5.41. The Balaban J connectivity index is 1.83. The molecule has 10 nitrogen and oxygen atoms in total. The zero-order valence-corrected chi connectivity index (χ0v) is 15.6. The van der Waals surface area contributed by atoms with E-state index in [1.165, 1.54) is 6.20 Å². The lowest BCUT2D eigenvalue weighted by Crippen LogP contribution is -2.11. The van der Waals surface area contributed by atoms with Gasteiger partial charge in [0.2, 0.25) is 5.95 Å². The Morgan fingerprint density at radius 2 is 1.89 bits per heavy atom. The minimum absolute atomic E-state index is 0.0356. The number of carboxylic acids is 1. The van der Waals surface area contributed by atoms with Crippen LogP contribution in [0.25, 0.3) is 0 Å². The second-order valence-corrected chi connectivity index (χ2v) is 5.86. The third-order valence-electron chi connectivity index (χ3n) is 3.85. The van der Waals surface area contributed by atoms with Crippen LogP contribution in [-0.4, -0.2) is 45.0 Å². The van der Waals surface area contributed by atoms with E-state index < -0.39 is 5.97 Å². The number of nitrogens with one attached hydrogen (secondary N) is 2. The number of rotatable bonds is 8. The van der Waals surface area contributed by atoms with Gasteiger partial charge in [-0.15, -0.1) is 0 Å². The van der Waals surface area contributed by atoms with Gasteiger partial charge in [0.1, 0.15) is 22.9 Å². The average Bonchev–Trinajstić information content (AvgIpc) is 3.10. The lowest BCUT2D eigenvalue weighted by atomic mass is 10.2. The molecular weight excluding hydrogens is 364 g/mol. The van der Waals surface area contributed by atoms with Gasteiger partial charge in [-0.2, -0.15) is 10.1 Å². The standard InChI is InChI=1S/C18H20N6O4/c1-24-10-12(8-21-24)22-18-20-9-15(17(25)26)16(23-18)19-7-11-4-13(27-2)6-14(5-11)28-3/h4-6,8-10H,7H2,1-3H3,(H,25,26)(H2,19,20,22,23). The van der Waals surface area contributed by atoms with Gasteiger partial charge in [-0.05, 0) is 17.7 Å². The highest BCUT2D eigenvalue weighted by atomic mass is 16.5. The van der Waals surface area contributed by atoms with E-state index in [0.29, 0.717) is 23.7 Å². The highest BCUT2D eigenvalue weighted by molar-refractivity contribution is 5.93. The van der Waals surface area contributed by atoms with Crippen LogP contribution in [0.15, 0.2) is 36.8 Å². The first-order chi connectivity index (χ1) is 13.5. The molecule has 10 heteroatoms. The number of carboxylic acid groups (broad SMARTS) is 1. The number of carbonyl (C=O) groups is 1. The normalized spacial score (nSPS) is 10.4. The first-order valence-corrected chi connectivity index (χ1v) is 8.30. The molecule has 0 aliphatic heterocycles. The van der Waals surface area contributed by atoms with E-state index in [1.807, 2.05) is 12.1 Å². The van der Waals surface area contributed by atoms with E-state index >= 15 is 0 Å². The van der Waals surface area contributed by atoms with Crippen LogP contribution < -0.4 is 20.1 Å². The van der Waals surface area contributed by atoms with Crippen molar-refractivity contribution in [3.8, 4) is 11.5 Å². The van der Waals surface area contributed by atoms with E-state index in [4.69, 9.17) is 9.47 Å². The fourth-order valence-corrected chi connectivity index (χ4v) is 2.50. The number of ether oxygens (including phenoxy) is 2. The van der Waals surface area contributed by atoms with Gasteiger partial charge in [0, 0.05) is 32.1 Å². The first kappa shape index (κ1) is 19.0. The summed E-state index contributed by atoms with van der Waals surface area (Å²) >= 11 is 0. The number of methoxy groups -OCH3 is 2. The van der Waals surface area contributed by atoms with Crippen LogP contribution in [0, 0.1) is 0 Å². The Morgan fingerprint density at radius 3 is 2.46 bits per heavy atom. The third-order valence-corrected chi connectivity index (χ3v) is 3.85. The molecule has 3 rings (SSSR count). The Hall–Kier alpha value is -3.82. The van der Waals surface area contributed by atoms with Crippen molar-refractivity contribution >= 4 is 23.4 Å². The van der Waals surface area contributed by atoms with Gasteiger partial charge in [-0.25, -0.2) is 9.78 Å². The fourth-order valence-electron chi connectivity index (χ4n) is 2.50. The predicted molar refractivity (Wildman–Crippen MR) is 102 cm³/mol. The SMILES string of the molecule is COc1cc(CNc2nc(Nc3cnn(C)c3)ncc2C(=O)O)cc(OC)c1. The molecule has 0 aliphatic carbocycles. The molecule has 3 N–H and O–H groups in total. The Labute approximate surface area is 161 Å². The van der Waals surface area contributed by atoms with Crippen molar-refractivity contribution in [2.24, 2.45) is 7.05 Å². The number of nitrogens with zero attached hydrogens (tertiary/aromatic N) is 4. The van der Waals surface area contributed by atoms with E-state index in [1.54, 1.807) is 44.4 Å². The number of aromatic carboxylic acids is 1. The van der Waals surface area contributed by atoms with Crippen molar-refractivity contribution in [2.75, 3.05) is 24.9 Å². The summed E-state index contributed by atoms with van der Waals surface area (Å²) in [6.07, 6.45) is 4.62. The molecule has 2 heterocycles. The van der Waals surface area contributed by atoms with Gasteiger partial charge >= 0.3 is 5.97 Å². The lowest BCUT2D eigenvalue weighted by Gasteiger charge is -2.12. The molecule has 0 saturated heterocycles. The average molecular weight is 384 g/mol. The summed E-state index contributed by atoms with van der Waals surface area (Å²) in [6.45, 7) is 0.317. The van der Waals surface area contributed by atoms with Crippen molar-refractivity contribution in [1.82, 2.24) is 19.7 Å². The second kappa shape index (κ2) is 8.25. The zero-order valence-electron chi connectivity index (χ0n) is 15.6. The Morgan fingerprint density at radius 1 is 1.18 bits per heavy atom. The summed E-state index contributed by atoms with van der Waals surface area (Å²) in [4.78, 5) is 19.9. The zero-order chi connectivity index (χ0) is 20.1. The van der Waals surface area contributed by atoms with Crippen molar-refractivity contribution in [3.05, 3.63) is 47.9 Å². The fraction of sp³-hybridized carbons (Fsp3) is 0.222. The lowest BCUT2D eigenvalue weighted by molar-refractivity contribution is 0.0697. The maximum absolute atomic E-state index is 11.5. The van der Waals surface area contributed by atoms with Crippen LogP contribution in [0.2, 0.25) is 0 Å². The minimum atomic E-state index is -1.13. The molecule has 0 spiro atoms. The summed E-state index contributed by atoms with van der Waals surface area (Å²) in [5.41, 5.74) is 1.49. The number of benzene rings is 1.